The fourth-order valence-corrected chi connectivity index (χ4v) is 4.75. The molecule has 0 saturated carbocycles. The summed E-state index contributed by atoms with van der Waals surface area (Å²) in [4.78, 5) is 12.4. The minimum absolute atomic E-state index is 0.0130. The van der Waals surface area contributed by atoms with E-state index in [4.69, 9.17) is 21.1 Å². The molecule has 174 valence electrons. The molecule has 0 atom stereocenters. The highest BCUT2D eigenvalue weighted by atomic mass is 35.5. The Balaban J connectivity index is 1.70. The smallest absolute Gasteiger partial charge is 0.263 e. The molecule has 0 bridgehead atoms. The Morgan fingerprint density at radius 1 is 1.03 bits per heavy atom. The second kappa shape index (κ2) is 11.1. The van der Waals surface area contributed by atoms with Gasteiger partial charge in [-0.05, 0) is 67.4 Å². The highest BCUT2D eigenvalue weighted by molar-refractivity contribution is 7.92. The topological polar surface area (TPSA) is 93.7 Å². The van der Waals surface area contributed by atoms with E-state index in [1.54, 1.807) is 31.4 Å². The molecule has 3 aromatic carbocycles. The molecule has 33 heavy (non-hydrogen) atoms. The molecule has 0 aliphatic rings. The number of anilines is 1. The van der Waals surface area contributed by atoms with Crippen molar-refractivity contribution in [1.29, 1.82) is 0 Å². The molecule has 9 heteroatoms. The van der Waals surface area contributed by atoms with Crippen molar-refractivity contribution in [2.24, 2.45) is 0 Å². The van der Waals surface area contributed by atoms with Crippen molar-refractivity contribution >= 4 is 33.2 Å². The molecule has 0 saturated heterocycles. The van der Waals surface area contributed by atoms with Crippen molar-refractivity contribution < 1.29 is 22.7 Å². The molecule has 0 spiro atoms. The van der Waals surface area contributed by atoms with E-state index in [0.717, 1.165) is 11.3 Å². The molecule has 0 radical (unpaired) electrons. The van der Waals surface area contributed by atoms with Gasteiger partial charge in [-0.25, -0.2) is 8.42 Å². The van der Waals surface area contributed by atoms with E-state index >= 15 is 0 Å². The number of hydrogen-bond acceptors (Lipinski definition) is 5. The summed E-state index contributed by atoms with van der Waals surface area (Å²) in [5.74, 6) is 0.969. The van der Waals surface area contributed by atoms with Gasteiger partial charge < -0.3 is 14.8 Å². The first-order valence-corrected chi connectivity index (χ1v) is 12.2. The van der Waals surface area contributed by atoms with Crippen molar-refractivity contribution in [3.63, 3.8) is 0 Å². The van der Waals surface area contributed by atoms with Gasteiger partial charge in [0, 0.05) is 17.8 Å². The SMILES string of the molecule is CCOc1ccc(NS(=O)(=O)c2cc(C(=O)NCCc3ccccc3OC)ccc2Cl)cc1. The van der Waals surface area contributed by atoms with Crippen LogP contribution in [0.5, 0.6) is 11.5 Å². The number of benzene rings is 3. The van der Waals surface area contributed by atoms with Crippen molar-refractivity contribution in [3.05, 3.63) is 82.9 Å². The first-order chi connectivity index (χ1) is 15.8. The van der Waals surface area contributed by atoms with E-state index in [0.29, 0.717) is 31.0 Å². The summed E-state index contributed by atoms with van der Waals surface area (Å²) in [6, 6.07) is 18.2. The maximum atomic E-state index is 12.9. The molecule has 0 aromatic heterocycles. The lowest BCUT2D eigenvalue weighted by molar-refractivity contribution is 0.0954. The number of carbonyl (C=O) groups excluding carboxylic acids is 1. The Morgan fingerprint density at radius 2 is 1.76 bits per heavy atom. The molecule has 2 N–H and O–H groups in total. The lowest BCUT2D eigenvalue weighted by Crippen LogP contribution is -2.26. The number of amides is 1. The van der Waals surface area contributed by atoms with Gasteiger partial charge in [0.1, 0.15) is 16.4 Å². The van der Waals surface area contributed by atoms with Crippen LogP contribution in [0, 0.1) is 0 Å². The van der Waals surface area contributed by atoms with Gasteiger partial charge in [-0.3, -0.25) is 9.52 Å². The predicted molar refractivity (Wildman–Crippen MR) is 129 cm³/mol. The molecule has 7 nitrogen and oxygen atoms in total. The summed E-state index contributed by atoms with van der Waals surface area (Å²) in [7, 11) is -2.43. The molecule has 0 fully saturated rings. The maximum absolute atomic E-state index is 12.9. The number of carbonyl (C=O) groups is 1. The third kappa shape index (κ3) is 6.40. The number of sulfonamides is 1. The highest BCUT2D eigenvalue weighted by Gasteiger charge is 2.20. The summed E-state index contributed by atoms with van der Waals surface area (Å²) in [6.07, 6.45) is 0.563. The van der Waals surface area contributed by atoms with E-state index in [1.165, 1.54) is 18.2 Å². The lowest BCUT2D eigenvalue weighted by Gasteiger charge is -2.12. The average Bonchev–Trinajstić information content (AvgIpc) is 2.80. The summed E-state index contributed by atoms with van der Waals surface area (Å²) < 4.78 is 39.0. The molecular weight excluding hydrogens is 464 g/mol. The van der Waals surface area contributed by atoms with Crippen LogP contribution >= 0.6 is 11.6 Å². The van der Waals surface area contributed by atoms with Crippen molar-refractivity contribution in [2.45, 2.75) is 18.2 Å². The van der Waals surface area contributed by atoms with Crippen LogP contribution in [0.4, 0.5) is 5.69 Å². The van der Waals surface area contributed by atoms with Crippen LogP contribution in [0.2, 0.25) is 5.02 Å². The van der Waals surface area contributed by atoms with E-state index < -0.39 is 15.9 Å². The number of methoxy groups -OCH3 is 1. The van der Waals surface area contributed by atoms with Gasteiger partial charge in [0.2, 0.25) is 0 Å². The summed E-state index contributed by atoms with van der Waals surface area (Å²) in [6.45, 7) is 2.73. The van der Waals surface area contributed by atoms with Gasteiger partial charge in [0.25, 0.3) is 15.9 Å². The first kappa shape index (κ1) is 24.4. The van der Waals surface area contributed by atoms with Crippen LogP contribution in [0.3, 0.4) is 0 Å². The second-order valence-electron chi connectivity index (χ2n) is 7.03. The van der Waals surface area contributed by atoms with Gasteiger partial charge in [0.15, 0.2) is 0 Å². The molecule has 0 unspecified atom stereocenters. The third-order valence-electron chi connectivity index (χ3n) is 4.77. The lowest BCUT2D eigenvalue weighted by atomic mass is 10.1. The largest absolute Gasteiger partial charge is 0.496 e. The maximum Gasteiger partial charge on any atom is 0.263 e. The van der Waals surface area contributed by atoms with E-state index in [1.807, 2.05) is 31.2 Å². The van der Waals surface area contributed by atoms with Gasteiger partial charge >= 0.3 is 0 Å². The number of halogens is 1. The van der Waals surface area contributed by atoms with E-state index in [2.05, 4.69) is 10.0 Å². The molecule has 0 heterocycles. The van der Waals surface area contributed by atoms with Crippen LogP contribution in [0.15, 0.2) is 71.6 Å². The third-order valence-corrected chi connectivity index (χ3v) is 6.64. The molecular formula is C24H25ClN2O5S. The zero-order valence-corrected chi connectivity index (χ0v) is 19.9. The zero-order chi connectivity index (χ0) is 23.8. The van der Waals surface area contributed by atoms with Crippen LogP contribution in [-0.4, -0.2) is 34.6 Å². The van der Waals surface area contributed by atoms with Crippen LogP contribution < -0.4 is 19.5 Å². The molecule has 0 aliphatic carbocycles. The van der Waals surface area contributed by atoms with Gasteiger partial charge in [-0.15, -0.1) is 0 Å². The number of rotatable bonds is 10. The van der Waals surface area contributed by atoms with Gasteiger partial charge in [-0.2, -0.15) is 0 Å². The Morgan fingerprint density at radius 3 is 2.45 bits per heavy atom. The standard InChI is InChI=1S/C24H25ClN2O5S/c1-3-32-20-11-9-19(10-12-20)27-33(29,30)23-16-18(8-13-21(23)25)24(28)26-15-14-17-6-4-5-7-22(17)31-2/h4-13,16,27H,3,14-15H2,1-2H3,(H,26,28). The average molecular weight is 489 g/mol. The van der Waals surface area contributed by atoms with Crippen LogP contribution in [0.25, 0.3) is 0 Å². The molecule has 0 aliphatic heterocycles. The summed E-state index contributed by atoms with van der Waals surface area (Å²) in [5.41, 5.74) is 1.49. The first-order valence-electron chi connectivity index (χ1n) is 10.3. The Hall–Kier alpha value is -3.23. The van der Waals surface area contributed by atoms with Gasteiger partial charge in [-0.1, -0.05) is 29.8 Å². The molecule has 3 rings (SSSR count). The Bertz CT molecular complexity index is 1210. The molecule has 1 amide bonds. The second-order valence-corrected chi connectivity index (χ2v) is 9.08. The van der Waals surface area contributed by atoms with Crippen molar-refractivity contribution in [1.82, 2.24) is 5.32 Å². The minimum Gasteiger partial charge on any atom is -0.496 e. The Kier molecular flexibility index (Phi) is 8.19. The van der Waals surface area contributed by atoms with E-state index in [-0.39, 0.29) is 15.5 Å². The number of para-hydroxylation sites is 1. The van der Waals surface area contributed by atoms with Crippen molar-refractivity contribution in [3.8, 4) is 11.5 Å². The van der Waals surface area contributed by atoms with E-state index in [9.17, 15) is 13.2 Å². The molecule has 3 aromatic rings. The van der Waals surface area contributed by atoms with Crippen LogP contribution in [0.1, 0.15) is 22.8 Å². The number of hydrogen-bond donors (Lipinski definition) is 2. The highest BCUT2D eigenvalue weighted by Crippen LogP contribution is 2.26. The fraction of sp³-hybridized carbons (Fsp3) is 0.208. The number of ether oxygens (including phenoxy) is 2. The van der Waals surface area contributed by atoms with Crippen molar-refractivity contribution in [2.75, 3.05) is 25.0 Å². The normalized spacial score (nSPS) is 11.0. The van der Waals surface area contributed by atoms with Gasteiger partial charge in [0.05, 0.1) is 18.7 Å². The summed E-state index contributed by atoms with van der Waals surface area (Å²) >= 11 is 6.15. The quantitative estimate of drug-likeness (QED) is 0.437. The number of nitrogens with one attached hydrogen (secondary N) is 2. The monoisotopic (exact) mass is 488 g/mol. The Labute approximate surface area is 198 Å². The predicted octanol–water partition coefficient (Wildman–Crippen LogP) is 4.52. The minimum atomic E-state index is -4.02. The fourth-order valence-electron chi connectivity index (χ4n) is 3.17. The summed E-state index contributed by atoms with van der Waals surface area (Å²) in [5, 5.41) is 2.81. The van der Waals surface area contributed by atoms with Crippen LogP contribution in [-0.2, 0) is 16.4 Å². The zero-order valence-electron chi connectivity index (χ0n) is 18.3.